The molecule has 1 amide bonds. The molecule has 2 heterocycles. The van der Waals surface area contributed by atoms with Crippen molar-refractivity contribution in [1.29, 1.82) is 0 Å². The molecule has 0 radical (unpaired) electrons. The molecule has 2 rings (SSSR count). The first-order chi connectivity index (χ1) is 9.26. The number of aromatic nitrogens is 1. The number of ether oxygens (including phenoxy) is 1. The number of thiazole rings is 1. The van der Waals surface area contributed by atoms with Crippen LogP contribution in [0.4, 0.5) is 4.79 Å². The zero-order valence-electron chi connectivity index (χ0n) is 12.8. The van der Waals surface area contributed by atoms with Crippen molar-refractivity contribution < 1.29 is 9.53 Å². The number of aryl methyl sites for hydroxylation is 1. The molecule has 0 spiro atoms. The van der Waals surface area contributed by atoms with E-state index in [0.717, 1.165) is 5.69 Å². The SMILES string of the molecule is Cc1ncsc1C(C)NC1CN(C(=O)OC(C)(C)C)C1. The van der Waals surface area contributed by atoms with Gasteiger partial charge in [-0.3, -0.25) is 0 Å². The Morgan fingerprint density at radius 1 is 1.55 bits per heavy atom. The molecule has 0 bridgehead atoms. The Bertz CT molecular complexity index is 475. The number of nitrogens with one attached hydrogen (secondary N) is 1. The van der Waals surface area contributed by atoms with Crippen LogP contribution in [0.15, 0.2) is 5.51 Å². The van der Waals surface area contributed by atoms with Crippen LogP contribution >= 0.6 is 11.3 Å². The van der Waals surface area contributed by atoms with E-state index in [2.05, 4.69) is 17.2 Å². The normalized spacial score (nSPS) is 17.8. The van der Waals surface area contributed by atoms with E-state index in [9.17, 15) is 4.79 Å². The number of amides is 1. The van der Waals surface area contributed by atoms with E-state index < -0.39 is 5.60 Å². The second kappa shape index (κ2) is 5.69. The maximum absolute atomic E-state index is 11.8. The van der Waals surface area contributed by atoms with Gasteiger partial charge in [0.05, 0.1) is 11.2 Å². The summed E-state index contributed by atoms with van der Waals surface area (Å²) >= 11 is 1.67. The number of carbonyl (C=O) groups excluding carboxylic acids is 1. The van der Waals surface area contributed by atoms with Crippen LogP contribution in [0.2, 0.25) is 0 Å². The van der Waals surface area contributed by atoms with Crippen molar-refractivity contribution in [2.45, 2.75) is 52.3 Å². The minimum absolute atomic E-state index is 0.225. The lowest BCUT2D eigenvalue weighted by atomic mass is 10.1. The highest BCUT2D eigenvalue weighted by molar-refractivity contribution is 7.09. The van der Waals surface area contributed by atoms with Crippen molar-refractivity contribution in [3.63, 3.8) is 0 Å². The van der Waals surface area contributed by atoms with Gasteiger partial charge in [-0.15, -0.1) is 11.3 Å². The van der Waals surface area contributed by atoms with Crippen LogP contribution < -0.4 is 5.32 Å². The Balaban J connectivity index is 1.77. The molecule has 1 saturated heterocycles. The van der Waals surface area contributed by atoms with Crippen molar-refractivity contribution in [1.82, 2.24) is 15.2 Å². The largest absolute Gasteiger partial charge is 0.444 e. The van der Waals surface area contributed by atoms with Gasteiger partial charge in [-0.1, -0.05) is 0 Å². The molecule has 0 saturated carbocycles. The highest BCUT2D eigenvalue weighted by atomic mass is 32.1. The molecule has 20 heavy (non-hydrogen) atoms. The summed E-state index contributed by atoms with van der Waals surface area (Å²) in [6.45, 7) is 11.2. The molecule has 1 aliphatic rings. The van der Waals surface area contributed by atoms with E-state index in [0.29, 0.717) is 19.1 Å². The summed E-state index contributed by atoms with van der Waals surface area (Å²) < 4.78 is 5.34. The fraction of sp³-hybridized carbons (Fsp3) is 0.714. The Labute approximate surface area is 124 Å². The maximum atomic E-state index is 11.8. The average molecular weight is 297 g/mol. The van der Waals surface area contributed by atoms with Crippen LogP contribution in [0.25, 0.3) is 0 Å². The third-order valence-corrected chi connectivity index (χ3v) is 4.31. The lowest BCUT2D eigenvalue weighted by Crippen LogP contribution is -2.60. The van der Waals surface area contributed by atoms with Crippen molar-refractivity contribution >= 4 is 17.4 Å². The molecule has 0 aromatic carbocycles. The number of hydrogen-bond donors (Lipinski definition) is 1. The third kappa shape index (κ3) is 3.70. The second-order valence-electron chi connectivity index (χ2n) is 6.27. The molecule has 1 aromatic rings. The molecular weight excluding hydrogens is 274 g/mol. The molecule has 5 nitrogen and oxygen atoms in total. The predicted octanol–water partition coefficient (Wildman–Crippen LogP) is 2.72. The fourth-order valence-corrected chi connectivity index (χ4v) is 3.04. The highest BCUT2D eigenvalue weighted by Gasteiger charge is 2.34. The summed E-state index contributed by atoms with van der Waals surface area (Å²) in [7, 11) is 0. The lowest BCUT2D eigenvalue weighted by molar-refractivity contribution is 0.00436. The van der Waals surface area contributed by atoms with E-state index in [1.807, 2.05) is 33.2 Å². The highest BCUT2D eigenvalue weighted by Crippen LogP contribution is 2.23. The molecule has 1 fully saturated rings. The number of likely N-dealkylation sites (tertiary alicyclic amines) is 1. The van der Waals surface area contributed by atoms with Crippen LogP contribution in [0.3, 0.4) is 0 Å². The average Bonchev–Trinajstić information content (AvgIpc) is 2.66. The topological polar surface area (TPSA) is 54.5 Å². The van der Waals surface area contributed by atoms with Crippen LogP contribution in [0.1, 0.15) is 44.3 Å². The second-order valence-corrected chi connectivity index (χ2v) is 7.16. The molecule has 1 N–H and O–H groups in total. The zero-order valence-corrected chi connectivity index (χ0v) is 13.6. The van der Waals surface area contributed by atoms with Crippen molar-refractivity contribution in [2.24, 2.45) is 0 Å². The van der Waals surface area contributed by atoms with Crippen molar-refractivity contribution in [3.05, 3.63) is 16.1 Å². The van der Waals surface area contributed by atoms with Crippen LogP contribution in [-0.2, 0) is 4.74 Å². The minimum atomic E-state index is -0.428. The Hall–Kier alpha value is -1.14. The number of nitrogens with zero attached hydrogens (tertiary/aromatic N) is 2. The first-order valence-corrected chi connectivity index (χ1v) is 7.78. The van der Waals surface area contributed by atoms with E-state index in [-0.39, 0.29) is 12.1 Å². The van der Waals surface area contributed by atoms with Crippen LogP contribution in [0, 0.1) is 6.92 Å². The third-order valence-electron chi connectivity index (χ3n) is 3.19. The number of rotatable bonds is 3. The summed E-state index contributed by atoms with van der Waals surface area (Å²) in [5.41, 5.74) is 2.53. The molecule has 1 aromatic heterocycles. The summed E-state index contributed by atoms with van der Waals surface area (Å²) in [6.07, 6.45) is -0.225. The van der Waals surface area contributed by atoms with E-state index >= 15 is 0 Å². The molecule has 1 aliphatic heterocycles. The van der Waals surface area contributed by atoms with Crippen LogP contribution in [0.5, 0.6) is 0 Å². The summed E-state index contributed by atoms with van der Waals surface area (Å²) in [5, 5.41) is 3.53. The summed E-state index contributed by atoms with van der Waals surface area (Å²) in [5.74, 6) is 0. The number of carbonyl (C=O) groups is 1. The Kier molecular flexibility index (Phi) is 4.34. The molecular formula is C14H23N3O2S. The summed E-state index contributed by atoms with van der Waals surface area (Å²) in [4.78, 5) is 19.1. The van der Waals surface area contributed by atoms with Gasteiger partial charge in [0.15, 0.2) is 0 Å². The van der Waals surface area contributed by atoms with Gasteiger partial charge in [-0.25, -0.2) is 9.78 Å². The van der Waals surface area contributed by atoms with E-state index in [1.54, 1.807) is 16.2 Å². The smallest absolute Gasteiger partial charge is 0.410 e. The monoisotopic (exact) mass is 297 g/mol. The van der Waals surface area contributed by atoms with E-state index in [4.69, 9.17) is 4.74 Å². The van der Waals surface area contributed by atoms with Gasteiger partial charge in [-0.2, -0.15) is 0 Å². The predicted molar refractivity (Wildman–Crippen MR) is 80.0 cm³/mol. The van der Waals surface area contributed by atoms with Gasteiger partial charge in [0, 0.05) is 30.1 Å². The van der Waals surface area contributed by atoms with Gasteiger partial charge in [-0.05, 0) is 34.6 Å². The Morgan fingerprint density at radius 2 is 2.20 bits per heavy atom. The fourth-order valence-electron chi connectivity index (χ4n) is 2.22. The van der Waals surface area contributed by atoms with Crippen LogP contribution in [-0.4, -0.2) is 40.7 Å². The van der Waals surface area contributed by atoms with Crippen molar-refractivity contribution in [2.75, 3.05) is 13.1 Å². The maximum Gasteiger partial charge on any atom is 0.410 e. The van der Waals surface area contributed by atoms with Gasteiger partial charge < -0.3 is 15.0 Å². The van der Waals surface area contributed by atoms with Gasteiger partial charge in [0.2, 0.25) is 0 Å². The lowest BCUT2D eigenvalue weighted by Gasteiger charge is -2.41. The molecule has 1 unspecified atom stereocenters. The standard InChI is InChI=1S/C14H23N3O2S/c1-9-12(20-8-15-9)10(2)16-11-6-17(7-11)13(18)19-14(3,4)5/h8,10-11,16H,6-7H2,1-5H3. The first kappa shape index (κ1) is 15.3. The quantitative estimate of drug-likeness (QED) is 0.932. The van der Waals surface area contributed by atoms with Gasteiger partial charge in [0.1, 0.15) is 5.60 Å². The van der Waals surface area contributed by atoms with E-state index in [1.165, 1.54) is 4.88 Å². The van der Waals surface area contributed by atoms with Gasteiger partial charge >= 0.3 is 6.09 Å². The molecule has 112 valence electrons. The van der Waals surface area contributed by atoms with Gasteiger partial charge in [0.25, 0.3) is 0 Å². The molecule has 0 aliphatic carbocycles. The molecule has 1 atom stereocenters. The summed E-state index contributed by atoms with van der Waals surface area (Å²) in [6, 6.07) is 0.604. The first-order valence-electron chi connectivity index (χ1n) is 6.90. The zero-order chi connectivity index (χ0) is 14.9. The van der Waals surface area contributed by atoms with Crippen molar-refractivity contribution in [3.8, 4) is 0 Å². The minimum Gasteiger partial charge on any atom is -0.444 e. The number of hydrogen-bond acceptors (Lipinski definition) is 5. The Morgan fingerprint density at radius 3 is 2.70 bits per heavy atom. The molecule has 6 heteroatoms.